The van der Waals surface area contributed by atoms with Crippen LogP contribution in [0.1, 0.15) is 19.4 Å². The highest BCUT2D eigenvalue weighted by atomic mass is 16.6. The molecule has 0 radical (unpaired) electrons. The molecule has 1 aliphatic rings. The van der Waals surface area contributed by atoms with E-state index >= 15 is 0 Å². The van der Waals surface area contributed by atoms with Gasteiger partial charge in [-0.05, 0) is 31.9 Å². The van der Waals surface area contributed by atoms with Crippen molar-refractivity contribution in [2.24, 2.45) is 5.73 Å². The van der Waals surface area contributed by atoms with E-state index in [1.54, 1.807) is 0 Å². The molecule has 3 N–H and O–H groups in total. The van der Waals surface area contributed by atoms with E-state index in [-0.39, 0.29) is 11.3 Å². The second kappa shape index (κ2) is 3.87. The van der Waals surface area contributed by atoms with E-state index in [0.29, 0.717) is 31.1 Å². The first-order valence-electron chi connectivity index (χ1n) is 5.37. The first kappa shape index (κ1) is 11.1. The van der Waals surface area contributed by atoms with Crippen LogP contribution in [0.25, 0.3) is 0 Å². The zero-order chi connectivity index (χ0) is 11.8. The molecule has 4 nitrogen and oxygen atoms in total. The van der Waals surface area contributed by atoms with Crippen molar-refractivity contribution in [3.8, 4) is 17.2 Å². The molecule has 0 spiro atoms. The third-order valence-corrected chi connectivity index (χ3v) is 2.41. The second-order valence-electron chi connectivity index (χ2n) is 4.76. The number of phenolic OH excluding ortho intramolecular Hbond substituents is 1. The Morgan fingerprint density at radius 3 is 2.69 bits per heavy atom. The average Bonchev–Trinajstić information content (AvgIpc) is 2.21. The van der Waals surface area contributed by atoms with Crippen LogP contribution in [0, 0.1) is 0 Å². The van der Waals surface area contributed by atoms with Crippen molar-refractivity contribution in [3.63, 3.8) is 0 Å². The van der Waals surface area contributed by atoms with Crippen LogP contribution >= 0.6 is 0 Å². The fraction of sp³-hybridized carbons (Fsp3) is 0.500. The van der Waals surface area contributed by atoms with Gasteiger partial charge in [-0.1, -0.05) is 6.07 Å². The van der Waals surface area contributed by atoms with E-state index in [0.717, 1.165) is 5.56 Å². The molecule has 16 heavy (non-hydrogen) atoms. The summed E-state index contributed by atoms with van der Waals surface area (Å²) in [5, 5.41) is 10.0. The van der Waals surface area contributed by atoms with Crippen LogP contribution in [-0.2, 0) is 6.42 Å². The number of hydrogen-bond donors (Lipinski definition) is 2. The Bertz CT molecular complexity index is 396. The Labute approximate surface area is 95.0 Å². The minimum absolute atomic E-state index is 0.149. The topological polar surface area (TPSA) is 64.7 Å². The van der Waals surface area contributed by atoms with Crippen LogP contribution in [0.3, 0.4) is 0 Å². The number of hydrogen-bond acceptors (Lipinski definition) is 4. The van der Waals surface area contributed by atoms with Gasteiger partial charge in [0.05, 0.1) is 0 Å². The van der Waals surface area contributed by atoms with E-state index in [1.807, 2.05) is 26.0 Å². The molecule has 0 unspecified atom stereocenters. The molecule has 1 heterocycles. The molecular formula is C12H17NO3. The molecular weight excluding hydrogens is 206 g/mol. The highest BCUT2D eigenvalue weighted by molar-refractivity contribution is 5.55. The lowest BCUT2D eigenvalue weighted by atomic mass is 9.95. The minimum Gasteiger partial charge on any atom is -0.504 e. The van der Waals surface area contributed by atoms with Crippen LogP contribution in [0.5, 0.6) is 17.2 Å². The van der Waals surface area contributed by atoms with Crippen molar-refractivity contribution in [1.82, 2.24) is 0 Å². The van der Waals surface area contributed by atoms with E-state index < -0.39 is 0 Å². The van der Waals surface area contributed by atoms with Crippen molar-refractivity contribution in [3.05, 3.63) is 17.7 Å². The van der Waals surface area contributed by atoms with Crippen molar-refractivity contribution in [2.45, 2.75) is 25.8 Å². The maximum absolute atomic E-state index is 10.0. The molecule has 4 heteroatoms. The average molecular weight is 223 g/mol. The summed E-state index contributed by atoms with van der Waals surface area (Å²) in [6, 6.07) is 3.65. The maximum Gasteiger partial charge on any atom is 0.203 e. The van der Waals surface area contributed by atoms with Gasteiger partial charge in [0.25, 0.3) is 0 Å². The van der Waals surface area contributed by atoms with Crippen molar-refractivity contribution >= 4 is 0 Å². The summed E-state index contributed by atoms with van der Waals surface area (Å²) in [5.41, 5.74) is 6.36. The Morgan fingerprint density at radius 1 is 1.31 bits per heavy atom. The van der Waals surface area contributed by atoms with Gasteiger partial charge in [-0.25, -0.2) is 0 Å². The predicted octanol–water partition coefficient (Wildman–Crippen LogP) is 1.44. The second-order valence-corrected chi connectivity index (χ2v) is 4.76. The molecule has 0 atom stereocenters. The lowest BCUT2D eigenvalue weighted by molar-refractivity contribution is 0.165. The highest BCUT2D eigenvalue weighted by Gasteiger charge is 2.21. The summed E-state index contributed by atoms with van der Waals surface area (Å²) in [5.74, 6) is 1.19. The SMILES string of the molecule is CC(C)(N)Cc1ccc2c(c1O)OCCO2. The zero-order valence-electron chi connectivity index (χ0n) is 9.62. The molecule has 1 aromatic carbocycles. The van der Waals surface area contributed by atoms with Gasteiger partial charge in [0.15, 0.2) is 11.5 Å². The monoisotopic (exact) mass is 223 g/mol. The lowest BCUT2D eigenvalue weighted by Crippen LogP contribution is -2.34. The van der Waals surface area contributed by atoms with Crippen molar-refractivity contribution in [1.29, 1.82) is 0 Å². The van der Waals surface area contributed by atoms with Gasteiger partial charge < -0.3 is 20.3 Å². The Morgan fingerprint density at radius 2 is 2.00 bits per heavy atom. The molecule has 0 fully saturated rings. The van der Waals surface area contributed by atoms with E-state index in [2.05, 4.69) is 0 Å². The molecule has 0 aliphatic carbocycles. The van der Waals surface area contributed by atoms with Crippen molar-refractivity contribution in [2.75, 3.05) is 13.2 Å². The molecule has 88 valence electrons. The van der Waals surface area contributed by atoms with Gasteiger partial charge in [0.1, 0.15) is 13.2 Å². The van der Waals surface area contributed by atoms with E-state index in [1.165, 1.54) is 0 Å². The lowest BCUT2D eigenvalue weighted by Gasteiger charge is -2.23. The molecule has 0 saturated heterocycles. The standard InChI is InChI=1S/C12H17NO3/c1-12(2,13)7-8-3-4-9-11(10(8)14)16-6-5-15-9/h3-4,14H,5-7,13H2,1-2H3. The first-order chi connectivity index (χ1) is 7.47. The quantitative estimate of drug-likeness (QED) is 0.796. The van der Waals surface area contributed by atoms with Crippen LogP contribution in [0.15, 0.2) is 12.1 Å². The Hall–Kier alpha value is -1.42. The van der Waals surface area contributed by atoms with Crippen LogP contribution in [0.4, 0.5) is 0 Å². The zero-order valence-corrected chi connectivity index (χ0v) is 9.62. The number of benzene rings is 1. The number of ether oxygens (including phenoxy) is 2. The Balaban J connectivity index is 2.34. The fourth-order valence-corrected chi connectivity index (χ4v) is 1.78. The molecule has 1 aliphatic heterocycles. The summed E-state index contributed by atoms with van der Waals surface area (Å²) in [6.07, 6.45) is 0.593. The normalized spacial score (nSPS) is 14.9. The molecule has 1 aromatic rings. The number of rotatable bonds is 2. The summed E-state index contributed by atoms with van der Waals surface area (Å²) < 4.78 is 10.8. The molecule has 0 bridgehead atoms. The van der Waals surface area contributed by atoms with Gasteiger partial charge in [0.2, 0.25) is 5.75 Å². The van der Waals surface area contributed by atoms with Crippen LogP contribution < -0.4 is 15.2 Å². The maximum atomic E-state index is 10.0. The number of nitrogens with two attached hydrogens (primary N) is 1. The van der Waals surface area contributed by atoms with Gasteiger partial charge >= 0.3 is 0 Å². The molecule has 0 amide bonds. The first-order valence-corrected chi connectivity index (χ1v) is 5.37. The summed E-state index contributed by atoms with van der Waals surface area (Å²) >= 11 is 0. The smallest absolute Gasteiger partial charge is 0.203 e. The van der Waals surface area contributed by atoms with Crippen LogP contribution in [-0.4, -0.2) is 23.9 Å². The van der Waals surface area contributed by atoms with Gasteiger partial charge in [-0.15, -0.1) is 0 Å². The Kier molecular flexibility index (Phi) is 2.68. The van der Waals surface area contributed by atoms with Gasteiger partial charge in [-0.2, -0.15) is 0 Å². The minimum atomic E-state index is -0.360. The number of aromatic hydroxyl groups is 1. The van der Waals surface area contributed by atoms with Gasteiger partial charge in [-0.3, -0.25) is 0 Å². The number of phenols is 1. The van der Waals surface area contributed by atoms with Crippen molar-refractivity contribution < 1.29 is 14.6 Å². The summed E-state index contributed by atoms with van der Waals surface area (Å²) in [6.45, 7) is 4.83. The summed E-state index contributed by atoms with van der Waals surface area (Å²) in [7, 11) is 0. The van der Waals surface area contributed by atoms with Crippen LogP contribution in [0.2, 0.25) is 0 Å². The predicted molar refractivity (Wildman–Crippen MR) is 61.1 cm³/mol. The third-order valence-electron chi connectivity index (χ3n) is 2.41. The largest absolute Gasteiger partial charge is 0.504 e. The molecule has 0 saturated carbocycles. The van der Waals surface area contributed by atoms with E-state index in [9.17, 15) is 5.11 Å². The van der Waals surface area contributed by atoms with E-state index in [4.69, 9.17) is 15.2 Å². The summed E-state index contributed by atoms with van der Waals surface area (Å²) in [4.78, 5) is 0. The highest BCUT2D eigenvalue weighted by Crippen LogP contribution is 2.41. The fourth-order valence-electron chi connectivity index (χ4n) is 1.78. The molecule has 0 aromatic heterocycles. The molecule has 2 rings (SSSR count). The number of fused-ring (bicyclic) bond motifs is 1. The third kappa shape index (κ3) is 2.22. The van der Waals surface area contributed by atoms with Gasteiger partial charge in [0, 0.05) is 5.54 Å².